The van der Waals surface area contributed by atoms with Crippen molar-refractivity contribution >= 4 is 26.5 Å². The monoisotopic (exact) mass is 326 g/mol. The van der Waals surface area contributed by atoms with Gasteiger partial charge in [0.1, 0.15) is 0 Å². The Labute approximate surface area is 116 Å². The van der Waals surface area contributed by atoms with Crippen LogP contribution in [0.1, 0.15) is 20.8 Å². The Kier molecular flexibility index (Phi) is 15.6. The lowest BCUT2D eigenvalue weighted by Crippen LogP contribution is -2.27. The van der Waals surface area contributed by atoms with Crippen molar-refractivity contribution in [3.05, 3.63) is 18.7 Å². The van der Waals surface area contributed by atoms with Crippen LogP contribution >= 0.6 is 17.0 Å². The summed E-state index contributed by atoms with van der Waals surface area (Å²) in [7, 11) is 0.204. The van der Waals surface area contributed by atoms with Gasteiger partial charge in [-0.15, -0.1) is 17.0 Å². The Morgan fingerprint density at radius 1 is 1.06 bits per heavy atom. The highest BCUT2D eigenvalue weighted by Crippen LogP contribution is 1.91. The highest BCUT2D eigenvalue weighted by molar-refractivity contribution is 8.93. The van der Waals surface area contributed by atoms with Crippen LogP contribution in [0, 0.1) is 0 Å². The highest BCUT2D eigenvalue weighted by atomic mass is 79.9. The van der Waals surface area contributed by atoms with E-state index in [0.29, 0.717) is 19.8 Å². The zero-order valence-corrected chi connectivity index (χ0v) is 13.8. The number of nitrogens with zero attached hydrogens (tertiary/aromatic N) is 2. The third-order valence-electron chi connectivity index (χ3n) is 1.54. The molecule has 0 radical (unpaired) electrons. The van der Waals surface area contributed by atoms with Crippen molar-refractivity contribution in [1.82, 2.24) is 9.55 Å². The minimum atomic E-state index is -1.73. The van der Waals surface area contributed by atoms with E-state index in [2.05, 4.69) is 4.98 Å². The fourth-order valence-corrected chi connectivity index (χ4v) is 1.98. The van der Waals surface area contributed by atoms with Crippen LogP contribution in [0.25, 0.3) is 0 Å². The predicted octanol–water partition coefficient (Wildman–Crippen LogP) is 1.81. The molecule has 0 atom stereocenters. The van der Waals surface area contributed by atoms with Crippen molar-refractivity contribution in [3.63, 3.8) is 0 Å². The molecule has 0 saturated heterocycles. The second-order valence-corrected chi connectivity index (χ2v) is 4.46. The molecule has 0 bridgehead atoms. The molecule has 17 heavy (non-hydrogen) atoms. The zero-order chi connectivity index (χ0) is 12.2. The summed E-state index contributed by atoms with van der Waals surface area (Å²) in [6.07, 6.45) is 5.39. The molecule has 5 nitrogen and oxygen atoms in total. The van der Waals surface area contributed by atoms with Crippen LogP contribution < -0.4 is 0 Å². The van der Waals surface area contributed by atoms with Crippen molar-refractivity contribution < 1.29 is 13.3 Å². The highest BCUT2D eigenvalue weighted by Gasteiger charge is 2.11. The molecule has 0 N–H and O–H groups in total. The lowest BCUT2D eigenvalue weighted by Gasteiger charge is -2.12. The minimum Gasteiger partial charge on any atom is -0.376 e. The Morgan fingerprint density at radius 3 is 1.71 bits per heavy atom. The number of hydrogen-bond donors (Lipinski definition) is 0. The number of aromatic nitrogens is 2. The van der Waals surface area contributed by atoms with Crippen LogP contribution in [0.2, 0.25) is 0 Å². The normalized spacial score (nSPS) is 9.47. The van der Waals surface area contributed by atoms with Gasteiger partial charge in [-0.05, 0) is 20.8 Å². The second-order valence-electron chi connectivity index (χ2n) is 2.88. The van der Waals surface area contributed by atoms with Crippen LogP contribution in [0.15, 0.2) is 18.7 Å². The third-order valence-corrected chi connectivity index (χ3v) is 3.36. The van der Waals surface area contributed by atoms with Crippen LogP contribution in [0.5, 0.6) is 0 Å². The molecule has 0 aliphatic heterocycles. The summed E-state index contributed by atoms with van der Waals surface area (Å²) in [6.45, 7) is 7.86. The van der Waals surface area contributed by atoms with Crippen LogP contribution in [-0.4, -0.2) is 38.9 Å². The van der Waals surface area contributed by atoms with E-state index >= 15 is 0 Å². The molecule has 0 aliphatic carbocycles. The molecule has 0 spiro atoms. The van der Waals surface area contributed by atoms with Crippen molar-refractivity contribution in [1.29, 1.82) is 0 Å². The number of hydrogen-bond acceptors (Lipinski definition) is 4. The van der Waals surface area contributed by atoms with Crippen LogP contribution in [0.3, 0.4) is 0 Å². The lowest BCUT2D eigenvalue weighted by molar-refractivity contribution is 0.107. The fraction of sp³-hybridized carbons (Fsp3) is 0.700. The van der Waals surface area contributed by atoms with E-state index in [1.54, 1.807) is 12.5 Å². The maximum atomic E-state index is 5.22. The quantitative estimate of drug-likeness (QED) is 0.748. The van der Waals surface area contributed by atoms with E-state index in [1.807, 2.05) is 38.6 Å². The van der Waals surface area contributed by atoms with E-state index in [0.717, 1.165) is 0 Å². The van der Waals surface area contributed by atoms with Crippen LogP contribution in [0.4, 0.5) is 0 Å². The first-order valence-electron chi connectivity index (χ1n) is 5.51. The van der Waals surface area contributed by atoms with Gasteiger partial charge in [-0.2, -0.15) is 0 Å². The Hall–Kier alpha value is -0.213. The van der Waals surface area contributed by atoms with Crippen LogP contribution in [-0.2, 0) is 20.3 Å². The van der Waals surface area contributed by atoms with Crippen molar-refractivity contribution in [2.24, 2.45) is 7.05 Å². The molecular weight excluding hydrogens is 304 g/mol. The smallest absolute Gasteiger partial charge is 0.376 e. The van der Waals surface area contributed by atoms with E-state index in [4.69, 9.17) is 13.3 Å². The van der Waals surface area contributed by atoms with Gasteiger partial charge < -0.3 is 17.8 Å². The number of aryl methyl sites for hydroxylation is 1. The number of halogens is 1. The minimum absolute atomic E-state index is 0. The zero-order valence-electron chi connectivity index (χ0n) is 11.0. The standard InChI is InChI=1S/C6H16O3Si.C4H6N2.BrH/c1-4-7-10(8-5-2)9-6-3;1-6-3-2-5-4-6;/h10H,4-6H2,1-3H3;2-4H,1H3;1H. The summed E-state index contributed by atoms with van der Waals surface area (Å²) < 4.78 is 17.5. The molecule has 0 aliphatic rings. The number of rotatable bonds is 6. The van der Waals surface area contributed by atoms with Gasteiger partial charge in [-0.1, -0.05) is 0 Å². The first-order valence-corrected chi connectivity index (χ1v) is 6.92. The van der Waals surface area contributed by atoms with E-state index in [-0.39, 0.29) is 17.0 Å². The first kappa shape index (κ1) is 19.1. The SMILES string of the molecule is Br.CCO[SiH](OCC)OCC.Cn1ccnc1. The van der Waals surface area contributed by atoms with Gasteiger partial charge in [-0.3, -0.25) is 0 Å². The van der Waals surface area contributed by atoms with E-state index in [9.17, 15) is 0 Å². The third kappa shape index (κ3) is 12.0. The molecule has 7 heteroatoms. The molecule has 0 unspecified atom stereocenters. The van der Waals surface area contributed by atoms with Gasteiger partial charge in [0, 0.05) is 39.3 Å². The molecule has 0 amide bonds. The molecule has 0 aromatic carbocycles. The Morgan fingerprint density at radius 2 is 1.53 bits per heavy atom. The van der Waals surface area contributed by atoms with Gasteiger partial charge >= 0.3 is 9.53 Å². The summed E-state index contributed by atoms with van der Waals surface area (Å²) in [4.78, 5) is 3.78. The predicted molar refractivity (Wildman–Crippen MR) is 75.6 cm³/mol. The summed E-state index contributed by atoms with van der Waals surface area (Å²) in [6, 6.07) is 0. The molecule has 1 aromatic rings. The molecule has 102 valence electrons. The van der Waals surface area contributed by atoms with Crippen molar-refractivity contribution in [3.8, 4) is 0 Å². The van der Waals surface area contributed by atoms with Crippen molar-refractivity contribution in [2.75, 3.05) is 19.8 Å². The summed E-state index contributed by atoms with van der Waals surface area (Å²) >= 11 is 0. The molecule has 0 fully saturated rings. The number of imidazole rings is 1. The average molecular weight is 327 g/mol. The summed E-state index contributed by atoms with van der Waals surface area (Å²) in [5, 5.41) is 0. The maximum Gasteiger partial charge on any atom is 0.484 e. The van der Waals surface area contributed by atoms with Gasteiger partial charge in [0.2, 0.25) is 0 Å². The van der Waals surface area contributed by atoms with Gasteiger partial charge in [0.25, 0.3) is 0 Å². The first-order chi connectivity index (χ1) is 7.74. The molecule has 0 saturated carbocycles. The largest absolute Gasteiger partial charge is 0.484 e. The topological polar surface area (TPSA) is 45.5 Å². The molecular formula is C10H23BrN2O3Si. The van der Waals surface area contributed by atoms with Gasteiger partial charge in [0.15, 0.2) is 0 Å². The summed E-state index contributed by atoms with van der Waals surface area (Å²) in [5.74, 6) is 0. The fourth-order valence-electron chi connectivity index (χ4n) is 0.878. The molecule has 1 aromatic heterocycles. The Balaban J connectivity index is 0. The Bertz CT molecular complexity index is 223. The summed E-state index contributed by atoms with van der Waals surface area (Å²) in [5.41, 5.74) is 0. The average Bonchev–Trinajstić information content (AvgIpc) is 2.71. The van der Waals surface area contributed by atoms with E-state index in [1.165, 1.54) is 0 Å². The van der Waals surface area contributed by atoms with Gasteiger partial charge in [0.05, 0.1) is 6.33 Å². The second kappa shape index (κ2) is 13.9. The van der Waals surface area contributed by atoms with Gasteiger partial charge in [-0.25, -0.2) is 4.98 Å². The molecule has 1 heterocycles. The maximum absolute atomic E-state index is 5.22. The van der Waals surface area contributed by atoms with Crippen molar-refractivity contribution in [2.45, 2.75) is 20.8 Å². The lowest BCUT2D eigenvalue weighted by atomic mass is 10.9. The molecule has 1 rings (SSSR count). The van der Waals surface area contributed by atoms with E-state index < -0.39 is 9.53 Å².